The highest BCUT2D eigenvalue weighted by Crippen LogP contribution is 2.26. The molecular weight excluding hydrogens is 265 g/mol. The number of likely N-dealkylation sites (tertiary alicyclic amines) is 1. The van der Waals surface area contributed by atoms with E-state index in [0.717, 1.165) is 25.2 Å². The summed E-state index contributed by atoms with van der Waals surface area (Å²) in [4.78, 5) is 2.44. The second-order valence-electron chi connectivity index (χ2n) is 5.65. The first-order valence-corrected chi connectivity index (χ1v) is 7.34. The van der Waals surface area contributed by atoms with E-state index in [9.17, 15) is 4.39 Å². The largest absolute Gasteiger partial charge is 0.299 e. The molecule has 0 radical (unpaired) electrons. The summed E-state index contributed by atoms with van der Waals surface area (Å²) >= 11 is 0. The zero-order valence-corrected chi connectivity index (χ0v) is 12.2. The van der Waals surface area contributed by atoms with Crippen LogP contribution in [0.25, 0.3) is 6.08 Å². The minimum absolute atomic E-state index is 0.189. The molecule has 1 unspecified atom stereocenters. The van der Waals surface area contributed by atoms with Gasteiger partial charge in [0.05, 0.1) is 6.20 Å². The Morgan fingerprint density at radius 1 is 1.33 bits per heavy atom. The van der Waals surface area contributed by atoms with Crippen LogP contribution in [0, 0.1) is 5.82 Å². The summed E-state index contributed by atoms with van der Waals surface area (Å²) in [6.07, 6.45) is 9.48. The number of aryl methyl sites for hydroxylation is 1. The van der Waals surface area contributed by atoms with Crippen molar-refractivity contribution in [2.75, 3.05) is 19.6 Å². The first-order valence-electron chi connectivity index (χ1n) is 7.34. The van der Waals surface area contributed by atoms with Gasteiger partial charge in [-0.1, -0.05) is 24.3 Å². The van der Waals surface area contributed by atoms with Crippen molar-refractivity contribution in [3.8, 4) is 0 Å². The molecule has 21 heavy (non-hydrogen) atoms. The van der Waals surface area contributed by atoms with E-state index < -0.39 is 0 Å². The maximum absolute atomic E-state index is 12.8. The first kappa shape index (κ1) is 14.0. The fourth-order valence-corrected chi connectivity index (χ4v) is 2.83. The molecule has 4 heteroatoms. The van der Waals surface area contributed by atoms with Gasteiger partial charge in [-0.3, -0.25) is 9.58 Å². The van der Waals surface area contributed by atoms with Crippen LogP contribution in [-0.2, 0) is 7.05 Å². The summed E-state index contributed by atoms with van der Waals surface area (Å²) in [5.74, 6) is 0.406. The third kappa shape index (κ3) is 3.58. The number of hydrogen-bond acceptors (Lipinski definition) is 2. The average Bonchev–Trinajstić information content (AvgIpc) is 3.10. The van der Waals surface area contributed by atoms with E-state index in [1.807, 2.05) is 17.9 Å². The van der Waals surface area contributed by atoms with Gasteiger partial charge in [0.25, 0.3) is 0 Å². The molecule has 0 spiro atoms. The van der Waals surface area contributed by atoms with E-state index in [1.165, 1.54) is 24.1 Å². The van der Waals surface area contributed by atoms with Crippen LogP contribution in [0.15, 0.2) is 42.7 Å². The number of aromatic nitrogens is 2. The first-order chi connectivity index (χ1) is 10.2. The van der Waals surface area contributed by atoms with Crippen molar-refractivity contribution in [2.24, 2.45) is 7.05 Å². The van der Waals surface area contributed by atoms with Crippen molar-refractivity contribution in [2.45, 2.75) is 12.3 Å². The average molecular weight is 285 g/mol. The Kier molecular flexibility index (Phi) is 4.15. The van der Waals surface area contributed by atoms with Gasteiger partial charge in [0.1, 0.15) is 5.82 Å². The molecule has 3 nitrogen and oxygen atoms in total. The van der Waals surface area contributed by atoms with Gasteiger partial charge in [-0.05, 0) is 36.2 Å². The number of rotatable bonds is 4. The van der Waals surface area contributed by atoms with Crippen LogP contribution in [-0.4, -0.2) is 34.3 Å². The highest BCUT2D eigenvalue weighted by Gasteiger charge is 2.23. The van der Waals surface area contributed by atoms with Crippen LogP contribution >= 0.6 is 0 Å². The van der Waals surface area contributed by atoms with Crippen LogP contribution in [0.5, 0.6) is 0 Å². The summed E-state index contributed by atoms with van der Waals surface area (Å²) in [6, 6.07) is 6.59. The summed E-state index contributed by atoms with van der Waals surface area (Å²) in [6.45, 7) is 3.14. The van der Waals surface area contributed by atoms with Crippen molar-refractivity contribution in [1.29, 1.82) is 0 Å². The molecule has 1 aliphatic rings. The van der Waals surface area contributed by atoms with Crippen molar-refractivity contribution in [1.82, 2.24) is 14.7 Å². The van der Waals surface area contributed by atoms with Gasteiger partial charge >= 0.3 is 0 Å². The smallest absolute Gasteiger partial charge is 0.123 e. The zero-order chi connectivity index (χ0) is 14.7. The Labute approximate surface area is 124 Å². The summed E-state index contributed by atoms with van der Waals surface area (Å²) in [7, 11) is 1.96. The third-order valence-corrected chi connectivity index (χ3v) is 4.01. The molecule has 110 valence electrons. The highest BCUT2D eigenvalue weighted by atomic mass is 19.1. The SMILES string of the molecule is Cn1cc(C2CCN(CC=Cc3ccc(F)cc3)C2)cn1. The standard InChI is InChI=1S/C17H20FN3/c1-20-12-16(11-19-20)15-8-10-21(13-15)9-2-3-14-4-6-17(18)7-5-14/h2-7,11-12,15H,8-10,13H2,1H3. The van der Waals surface area contributed by atoms with Crippen molar-refractivity contribution in [3.05, 3.63) is 59.7 Å². The number of nitrogens with zero attached hydrogens (tertiary/aromatic N) is 3. The van der Waals surface area contributed by atoms with Gasteiger partial charge in [0.15, 0.2) is 0 Å². The predicted octanol–water partition coefficient (Wildman–Crippen LogP) is 3.06. The molecule has 0 saturated carbocycles. The maximum Gasteiger partial charge on any atom is 0.123 e. The van der Waals surface area contributed by atoms with E-state index >= 15 is 0 Å². The van der Waals surface area contributed by atoms with Gasteiger partial charge in [-0.25, -0.2) is 4.39 Å². The number of benzene rings is 1. The Bertz CT molecular complexity index is 615. The number of halogens is 1. The van der Waals surface area contributed by atoms with Crippen LogP contribution in [0.3, 0.4) is 0 Å². The molecule has 0 N–H and O–H groups in total. The summed E-state index contributed by atoms with van der Waals surface area (Å²) in [5.41, 5.74) is 2.38. The minimum atomic E-state index is -0.189. The van der Waals surface area contributed by atoms with Gasteiger partial charge < -0.3 is 0 Å². The molecule has 1 fully saturated rings. The molecule has 1 aromatic heterocycles. The van der Waals surface area contributed by atoms with Gasteiger partial charge in [0.2, 0.25) is 0 Å². The van der Waals surface area contributed by atoms with Gasteiger partial charge in [-0.2, -0.15) is 5.10 Å². The normalized spacial score (nSPS) is 19.6. The molecule has 2 aromatic rings. The van der Waals surface area contributed by atoms with E-state index in [0.29, 0.717) is 5.92 Å². The molecule has 0 aliphatic carbocycles. The molecular formula is C17H20FN3. The molecule has 0 bridgehead atoms. The Morgan fingerprint density at radius 2 is 2.14 bits per heavy atom. The maximum atomic E-state index is 12.8. The molecule has 0 amide bonds. The number of hydrogen-bond donors (Lipinski definition) is 0. The quantitative estimate of drug-likeness (QED) is 0.861. The Morgan fingerprint density at radius 3 is 2.86 bits per heavy atom. The van der Waals surface area contributed by atoms with E-state index in [4.69, 9.17) is 0 Å². The zero-order valence-electron chi connectivity index (χ0n) is 12.2. The topological polar surface area (TPSA) is 21.1 Å². The van der Waals surface area contributed by atoms with E-state index in [-0.39, 0.29) is 5.82 Å². The lowest BCUT2D eigenvalue weighted by molar-refractivity contribution is 0.372. The Balaban J connectivity index is 1.52. The minimum Gasteiger partial charge on any atom is -0.299 e. The molecule has 1 aliphatic heterocycles. The molecule has 3 rings (SSSR count). The molecule has 1 atom stereocenters. The second kappa shape index (κ2) is 6.22. The van der Waals surface area contributed by atoms with Crippen LogP contribution in [0.4, 0.5) is 4.39 Å². The predicted molar refractivity (Wildman–Crippen MR) is 82.4 cm³/mol. The van der Waals surface area contributed by atoms with Crippen LogP contribution in [0.2, 0.25) is 0 Å². The molecule has 1 aromatic carbocycles. The van der Waals surface area contributed by atoms with E-state index in [2.05, 4.69) is 28.3 Å². The third-order valence-electron chi connectivity index (χ3n) is 4.01. The lowest BCUT2D eigenvalue weighted by Crippen LogP contribution is -2.20. The lowest BCUT2D eigenvalue weighted by atomic mass is 10.0. The summed E-state index contributed by atoms with van der Waals surface area (Å²) < 4.78 is 14.7. The van der Waals surface area contributed by atoms with Crippen molar-refractivity contribution < 1.29 is 4.39 Å². The van der Waals surface area contributed by atoms with E-state index in [1.54, 1.807) is 12.1 Å². The fraction of sp³-hybridized carbons (Fsp3) is 0.353. The second-order valence-corrected chi connectivity index (χ2v) is 5.65. The van der Waals surface area contributed by atoms with Crippen LogP contribution in [0.1, 0.15) is 23.5 Å². The molecule has 1 saturated heterocycles. The monoisotopic (exact) mass is 285 g/mol. The van der Waals surface area contributed by atoms with Crippen molar-refractivity contribution in [3.63, 3.8) is 0 Å². The van der Waals surface area contributed by atoms with Gasteiger partial charge in [-0.15, -0.1) is 0 Å². The lowest BCUT2D eigenvalue weighted by Gasteiger charge is -2.12. The fourth-order valence-electron chi connectivity index (χ4n) is 2.83. The highest BCUT2D eigenvalue weighted by molar-refractivity contribution is 5.48. The molecule has 2 heterocycles. The van der Waals surface area contributed by atoms with Crippen LogP contribution < -0.4 is 0 Å². The van der Waals surface area contributed by atoms with Crippen molar-refractivity contribution >= 4 is 6.08 Å². The summed E-state index contributed by atoms with van der Waals surface area (Å²) in [5, 5.41) is 4.25. The Hall–Kier alpha value is -1.94. The van der Waals surface area contributed by atoms with Gasteiger partial charge in [0, 0.05) is 32.3 Å².